The van der Waals surface area contributed by atoms with Gasteiger partial charge in [0.1, 0.15) is 0 Å². The smallest absolute Gasteiger partial charge is 0.0212 e. The first-order chi connectivity index (χ1) is 6.41. The van der Waals surface area contributed by atoms with Gasteiger partial charge in [-0.1, -0.05) is 73.5 Å². The van der Waals surface area contributed by atoms with Crippen LogP contribution in [0.1, 0.15) is 58.3 Å². The summed E-state index contributed by atoms with van der Waals surface area (Å²) >= 11 is 3.37. The standard InChI is InChI=1S/C12H23Br/c1-2-3-4-5-6-7-8-9-10-11-12-13/h10-11H,2-9,12H2,1H3. The fourth-order valence-electron chi connectivity index (χ4n) is 1.40. The second-order valence-electron chi connectivity index (χ2n) is 3.54. The molecular weight excluding hydrogens is 224 g/mol. The third kappa shape index (κ3) is 12.2. The Bertz CT molecular complexity index is 108. The summed E-state index contributed by atoms with van der Waals surface area (Å²) in [5.41, 5.74) is 0. The van der Waals surface area contributed by atoms with E-state index in [-0.39, 0.29) is 0 Å². The maximum Gasteiger partial charge on any atom is 0.0212 e. The molecule has 0 heterocycles. The zero-order valence-corrected chi connectivity index (χ0v) is 10.5. The third-order valence-corrected chi connectivity index (χ3v) is 2.60. The van der Waals surface area contributed by atoms with Crippen molar-refractivity contribution < 1.29 is 0 Å². The molecule has 78 valence electrons. The minimum atomic E-state index is 1.00. The quantitative estimate of drug-likeness (QED) is 0.303. The minimum Gasteiger partial charge on any atom is -0.0883 e. The van der Waals surface area contributed by atoms with Crippen molar-refractivity contribution in [2.75, 3.05) is 5.33 Å². The summed E-state index contributed by atoms with van der Waals surface area (Å²) in [5.74, 6) is 0. The molecule has 0 aromatic carbocycles. The Balaban J connectivity index is 2.87. The minimum absolute atomic E-state index is 1.00. The summed E-state index contributed by atoms with van der Waals surface area (Å²) in [6.45, 7) is 2.27. The van der Waals surface area contributed by atoms with E-state index in [4.69, 9.17) is 0 Å². The van der Waals surface area contributed by atoms with E-state index in [1.165, 1.54) is 51.4 Å². The van der Waals surface area contributed by atoms with E-state index < -0.39 is 0 Å². The molecule has 0 spiro atoms. The number of unbranched alkanes of at least 4 members (excludes halogenated alkanes) is 7. The Morgan fingerprint density at radius 3 is 2.08 bits per heavy atom. The highest BCUT2D eigenvalue weighted by Crippen LogP contribution is 2.08. The van der Waals surface area contributed by atoms with Crippen molar-refractivity contribution in [3.05, 3.63) is 12.2 Å². The topological polar surface area (TPSA) is 0 Å². The molecule has 0 rings (SSSR count). The van der Waals surface area contributed by atoms with Gasteiger partial charge in [0, 0.05) is 5.33 Å². The van der Waals surface area contributed by atoms with Gasteiger partial charge in [-0.2, -0.15) is 0 Å². The molecule has 0 radical (unpaired) electrons. The molecule has 0 aromatic rings. The van der Waals surface area contributed by atoms with E-state index in [9.17, 15) is 0 Å². The van der Waals surface area contributed by atoms with E-state index in [0.717, 1.165) is 5.33 Å². The van der Waals surface area contributed by atoms with Crippen molar-refractivity contribution in [1.29, 1.82) is 0 Å². The highest BCUT2D eigenvalue weighted by molar-refractivity contribution is 9.09. The van der Waals surface area contributed by atoms with Gasteiger partial charge in [0.25, 0.3) is 0 Å². The fraction of sp³-hybridized carbons (Fsp3) is 0.833. The molecule has 0 aliphatic carbocycles. The van der Waals surface area contributed by atoms with Crippen LogP contribution in [0.2, 0.25) is 0 Å². The Morgan fingerprint density at radius 1 is 0.846 bits per heavy atom. The van der Waals surface area contributed by atoms with Crippen LogP contribution in [0.3, 0.4) is 0 Å². The summed E-state index contributed by atoms with van der Waals surface area (Å²) in [7, 11) is 0. The molecule has 0 unspecified atom stereocenters. The second kappa shape index (κ2) is 12.2. The molecule has 0 saturated carbocycles. The van der Waals surface area contributed by atoms with Crippen LogP contribution in [0.15, 0.2) is 12.2 Å². The number of rotatable bonds is 9. The molecule has 0 bridgehead atoms. The normalized spacial score (nSPS) is 11.2. The first kappa shape index (κ1) is 13.2. The van der Waals surface area contributed by atoms with Crippen molar-refractivity contribution in [2.45, 2.75) is 58.3 Å². The Morgan fingerprint density at radius 2 is 1.46 bits per heavy atom. The first-order valence-corrected chi connectivity index (χ1v) is 6.75. The highest BCUT2D eigenvalue weighted by Gasteiger charge is 1.88. The molecule has 0 saturated heterocycles. The van der Waals surface area contributed by atoms with Crippen LogP contribution >= 0.6 is 15.9 Å². The molecule has 0 fully saturated rings. The van der Waals surface area contributed by atoms with Crippen molar-refractivity contribution >= 4 is 15.9 Å². The van der Waals surface area contributed by atoms with E-state index in [0.29, 0.717) is 0 Å². The molecule has 13 heavy (non-hydrogen) atoms. The molecule has 1 heteroatoms. The zero-order valence-electron chi connectivity index (χ0n) is 8.90. The Kier molecular flexibility index (Phi) is 12.4. The van der Waals surface area contributed by atoms with Crippen molar-refractivity contribution in [3.63, 3.8) is 0 Å². The number of hydrogen-bond acceptors (Lipinski definition) is 0. The Hall–Kier alpha value is 0.220. The van der Waals surface area contributed by atoms with Crippen molar-refractivity contribution in [1.82, 2.24) is 0 Å². The number of allylic oxidation sites excluding steroid dienone is 2. The van der Waals surface area contributed by atoms with Crippen LogP contribution in [0.4, 0.5) is 0 Å². The van der Waals surface area contributed by atoms with Crippen LogP contribution in [0.25, 0.3) is 0 Å². The largest absolute Gasteiger partial charge is 0.0883 e. The SMILES string of the molecule is CCCCCCCCCC=CCBr. The van der Waals surface area contributed by atoms with Gasteiger partial charge in [0.2, 0.25) is 0 Å². The van der Waals surface area contributed by atoms with Crippen LogP contribution in [-0.4, -0.2) is 5.33 Å². The summed E-state index contributed by atoms with van der Waals surface area (Å²) in [6, 6.07) is 0. The van der Waals surface area contributed by atoms with Crippen molar-refractivity contribution in [2.24, 2.45) is 0 Å². The molecule has 0 aliphatic heterocycles. The van der Waals surface area contributed by atoms with Gasteiger partial charge in [-0.15, -0.1) is 0 Å². The van der Waals surface area contributed by atoms with Crippen LogP contribution in [0, 0.1) is 0 Å². The van der Waals surface area contributed by atoms with E-state index in [1.807, 2.05) is 0 Å². The van der Waals surface area contributed by atoms with E-state index in [1.54, 1.807) is 0 Å². The zero-order chi connectivity index (χ0) is 9.78. The summed E-state index contributed by atoms with van der Waals surface area (Å²) in [5, 5.41) is 1.00. The summed E-state index contributed by atoms with van der Waals surface area (Å²) < 4.78 is 0. The molecule has 0 N–H and O–H groups in total. The molecular formula is C12H23Br. The van der Waals surface area contributed by atoms with Crippen LogP contribution < -0.4 is 0 Å². The molecule has 0 nitrogen and oxygen atoms in total. The maximum absolute atomic E-state index is 3.37. The summed E-state index contributed by atoms with van der Waals surface area (Å²) in [6.07, 6.45) is 15.6. The van der Waals surface area contributed by atoms with E-state index >= 15 is 0 Å². The lowest BCUT2D eigenvalue weighted by molar-refractivity contribution is 0.592. The van der Waals surface area contributed by atoms with Crippen molar-refractivity contribution in [3.8, 4) is 0 Å². The molecule has 0 aliphatic rings. The van der Waals surface area contributed by atoms with Gasteiger partial charge < -0.3 is 0 Å². The first-order valence-electron chi connectivity index (χ1n) is 5.62. The predicted octanol–water partition coefficient (Wildman–Crippen LogP) is 5.08. The third-order valence-electron chi connectivity index (χ3n) is 2.23. The van der Waals surface area contributed by atoms with Gasteiger partial charge in [0.15, 0.2) is 0 Å². The maximum atomic E-state index is 3.37. The van der Waals surface area contributed by atoms with E-state index in [2.05, 4.69) is 35.0 Å². The molecule has 0 aromatic heterocycles. The number of alkyl halides is 1. The van der Waals surface area contributed by atoms with Gasteiger partial charge >= 0.3 is 0 Å². The average Bonchev–Trinajstić information content (AvgIpc) is 2.16. The molecule has 0 atom stereocenters. The van der Waals surface area contributed by atoms with Crippen LogP contribution in [-0.2, 0) is 0 Å². The average molecular weight is 247 g/mol. The fourth-order valence-corrected chi connectivity index (χ4v) is 1.66. The van der Waals surface area contributed by atoms with Crippen LogP contribution in [0.5, 0.6) is 0 Å². The highest BCUT2D eigenvalue weighted by atomic mass is 79.9. The number of halogens is 1. The monoisotopic (exact) mass is 246 g/mol. The summed E-state index contributed by atoms with van der Waals surface area (Å²) in [4.78, 5) is 0. The Labute approximate surface area is 91.9 Å². The van der Waals surface area contributed by atoms with Gasteiger partial charge in [-0.3, -0.25) is 0 Å². The lowest BCUT2D eigenvalue weighted by Gasteiger charge is -1.98. The molecule has 0 amide bonds. The van der Waals surface area contributed by atoms with Gasteiger partial charge in [0.05, 0.1) is 0 Å². The van der Waals surface area contributed by atoms with Gasteiger partial charge in [-0.25, -0.2) is 0 Å². The number of hydrogen-bond donors (Lipinski definition) is 0. The lowest BCUT2D eigenvalue weighted by atomic mass is 10.1. The lowest BCUT2D eigenvalue weighted by Crippen LogP contribution is -1.78. The second-order valence-corrected chi connectivity index (χ2v) is 4.18. The van der Waals surface area contributed by atoms with Gasteiger partial charge in [-0.05, 0) is 12.8 Å². The predicted molar refractivity (Wildman–Crippen MR) is 65.5 cm³/mol.